The van der Waals surface area contributed by atoms with Crippen LogP contribution < -0.4 is 10.6 Å². The highest BCUT2D eigenvalue weighted by molar-refractivity contribution is 5.83. The smallest absolute Gasteiger partial charge is 0.230 e. The molecule has 10 heteroatoms. The van der Waals surface area contributed by atoms with Crippen molar-refractivity contribution in [1.29, 1.82) is 0 Å². The summed E-state index contributed by atoms with van der Waals surface area (Å²) < 4.78 is 25.7. The summed E-state index contributed by atoms with van der Waals surface area (Å²) in [5.74, 6) is 0.487. The summed E-state index contributed by atoms with van der Waals surface area (Å²) in [6.45, 7) is 4.26. The Bertz CT molecular complexity index is 1480. The summed E-state index contributed by atoms with van der Waals surface area (Å²) in [4.78, 5) is 30.0. The van der Waals surface area contributed by atoms with Gasteiger partial charge in [0, 0.05) is 17.8 Å². The first-order valence-corrected chi connectivity index (χ1v) is 13.4. The highest BCUT2D eigenvalue weighted by Gasteiger charge is 2.42. The number of carbonyl (C=O) groups excluding carboxylic acids is 1. The van der Waals surface area contributed by atoms with Crippen LogP contribution in [0.15, 0.2) is 66.9 Å². The highest BCUT2D eigenvalue weighted by atomic mass is 19.1. The van der Waals surface area contributed by atoms with Crippen LogP contribution in [0.2, 0.25) is 0 Å². The van der Waals surface area contributed by atoms with Gasteiger partial charge in [-0.1, -0.05) is 30.3 Å². The average Bonchev–Trinajstić information content (AvgIpc) is 3.68. The Kier molecular flexibility index (Phi) is 7.03. The van der Waals surface area contributed by atoms with Crippen molar-refractivity contribution in [2.24, 2.45) is 5.41 Å². The minimum absolute atomic E-state index is 0.0131. The van der Waals surface area contributed by atoms with Crippen LogP contribution in [-0.4, -0.2) is 45.1 Å². The van der Waals surface area contributed by atoms with Crippen LogP contribution in [0.1, 0.15) is 50.4 Å². The SMILES string of the molecule is CC(Nc1nccc(-c2[nH]c(C3OCC(C)(C(=O)NC4CC4)CO3)nc2-c2ccc(F)cc2)n1)c1ccccc1. The molecule has 1 saturated carbocycles. The van der Waals surface area contributed by atoms with Crippen molar-refractivity contribution in [3.05, 3.63) is 84.1 Å². The highest BCUT2D eigenvalue weighted by Crippen LogP contribution is 2.36. The number of carbonyl (C=O) groups is 1. The molecule has 2 aliphatic rings. The first-order valence-electron chi connectivity index (χ1n) is 13.4. The number of imidazole rings is 1. The van der Waals surface area contributed by atoms with E-state index in [0.29, 0.717) is 34.4 Å². The number of ether oxygens (including phenoxy) is 2. The Morgan fingerprint density at radius 2 is 1.77 bits per heavy atom. The van der Waals surface area contributed by atoms with E-state index in [2.05, 4.69) is 20.6 Å². The van der Waals surface area contributed by atoms with Crippen molar-refractivity contribution in [2.75, 3.05) is 18.5 Å². The van der Waals surface area contributed by atoms with Gasteiger partial charge in [0.05, 0.1) is 41.8 Å². The van der Waals surface area contributed by atoms with Crippen LogP contribution in [0.4, 0.5) is 10.3 Å². The summed E-state index contributed by atoms with van der Waals surface area (Å²) in [6, 6.07) is 18.2. The van der Waals surface area contributed by atoms with Crippen molar-refractivity contribution >= 4 is 11.9 Å². The van der Waals surface area contributed by atoms with Crippen molar-refractivity contribution in [3.63, 3.8) is 0 Å². The maximum Gasteiger partial charge on any atom is 0.230 e. The summed E-state index contributed by atoms with van der Waals surface area (Å²) in [7, 11) is 0. The van der Waals surface area contributed by atoms with Gasteiger partial charge in [-0.3, -0.25) is 4.79 Å². The molecule has 1 aliphatic carbocycles. The molecule has 1 amide bonds. The third kappa shape index (κ3) is 5.59. The molecule has 4 aromatic rings. The van der Waals surface area contributed by atoms with E-state index >= 15 is 0 Å². The van der Waals surface area contributed by atoms with Crippen LogP contribution in [0, 0.1) is 11.2 Å². The molecule has 3 N–H and O–H groups in total. The molecule has 6 rings (SSSR count). The molecule has 2 aromatic carbocycles. The molecule has 1 unspecified atom stereocenters. The Morgan fingerprint density at radius 3 is 2.48 bits per heavy atom. The van der Waals surface area contributed by atoms with Crippen molar-refractivity contribution in [1.82, 2.24) is 25.3 Å². The number of nitrogens with one attached hydrogen (secondary N) is 3. The fourth-order valence-corrected chi connectivity index (χ4v) is 4.58. The number of hydrogen-bond donors (Lipinski definition) is 3. The molecular weight excluding hydrogens is 511 g/mol. The topological polar surface area (TPSA) is 114 Å². The monoisotopic (exact) mass is 542 g/mol. The van der Waals surface area contributed by atoms with Gasteiger partial charge in [-0.2, -0.15) is 0 Å². The second-order valence-electron chi connectivity index (χ2n) is 10.7. The van der Waals surface area contributed by atoms with Gasteiger partial charge in [-0.15, -0.1) is 0 Å². The van der Waals surface area contributed by atoms with E-state index < -0.39 is 11.7 Å². The van der Waals surface area contributed by atoms with Crippen LogP contribution in [0.25, 0.3) is 22.6 Å². The zero-order valence-electron chi connectivity index (χ0n) is 22.4. The van der Waals surface area contributed by atoms with Gasteiger partial charge in [0.2, 0.25) is 18.1 Å². The quantitative estimate of drug-likeness (QED) is 0.281. The number of rotatable bonds is 8. The third-order valence-electron chi connectivity index (χ3n) is 7.19. The third-order valence-corrected chi connectivity index (χ3v) is 7.19. The van der Waals surface area contributed by atoms with Crippen molar-refractivity contribution < 1.29 is 18.7 Å². The minimum atomic E-state index is -0.799. The zero-order valence-corrected chi connectivity index (χ0v) is 22.4. The molecule has 0 radical (unpaired) electrons. The molecule has 206 valence electrons. The number of amides is 1. The van der Waals surface area contributed by atoms with E-state index in [1.807, 2.05) is 44.2 Å². The van der Waals surface area contributed by atoms with Gasteiger partial charge in [0.15, 0.2) is 5.82 Å². The number of hydrogen-bond acceptors (Lipinski definition) is 7. The maximum atomic E-state index is 13.7. The number of anilines is 1. The molecule has 0 spiro atoms. The van der Waals surface area contributed by atoms with Crippen LogP contribution in [0.5, 0.6) is 0 Å². The van der Waals surface area contributed by atoms with Gasteiger partial charge in [-0.25, -0.2) is 19.3 Å². The lowest BCUT2D eigenvalue weighted by molar-refractivity contribution is -0.231. The number of benzene rings is 2. The summed E-state index contributed by atoms with van der Waals surface area (Å²) in [5, 5.41) is 6.38. The van der Waals surface area contributed by atoms with Crippen LogP contribution in [-0.2, 0) is 14.3 Å². The predicted molar refractivity (Wildman–Crippen MR) is 147 cm³/mol. The fourth-order valence-electron chi connectivity index (χ4n) is 4.58. The first-order chi connectivity index (χ1) is 19.4. The van der Waals surface area contributed by atoms with Gasteiger partial charge in [0.1, 0.15) is 5.82 Å². The lowest BCUT2D eigenvalue weighted by atomic mass is 9.91. The lowest BCUT2D eigenvalue weighted by Crippen LogP contribution is -2.49. The summed E-state index contributed by atoms with van der Waals surface area (Å²) in [6.07, 6.45) is 2.90. The second kappa shape index (κ2) is 10.8. The van der Waals surface area contributed by atoms with E-state index in [4.69, 9.17) is 19.4 Å². The molecule has 40 heavy (non-hydrogen) atoms. The standard InChI is InChI=1S/C30H31FN6O3/c1-18(19-6-4-3-5-7-19)33-29-32-15-14-23(35-29)25-24(20-8-10-21(31)11-9-20)36-26(37-25)27-39-16-30(2,17-40-27)28(38)34-22-12-13-22/h3-11,14-15,18,22,27H,12-13,16-17H2,1-2H3,(H,34,38)(H,36,37)(H,32,33,35). The first kappa shape index (κ1) is 26.1. The average molecular weight is 543 g/mol. The van der Waals surface area contributed by atoms with E-state index in [0.717, 1.165) is 18.4 Å². The molecule has 2 fully saturated rings. The molecule has 1 saturated heterocycles. The Morgan fingerprint density at radius 1 is 1.05 bits per heavy atom. The van der Waals surface area contributed by atoms with Crippen LogP contribution in [0.3, 0.4) is 0 Å². The number of halogens is 1. The normalized spacial score (nSPS) is 21.5. The van der Waals surface area contributed by atoms with Crippen molar-refractivity contribution in [3.8, 4) is 22.6 Å². The molecular formula is C30H31FN6O3. The fraction of sp³-hybridized carbons (Fsp3) is 0.333. The summed E-state index contributed by atoms with van der Waals surface area (Å²) in [5.41, 5.74) is 2.82. The maximum absolute atomic E-state index is 13.7. The number of nitrogens with zero attached hydrogens (tertiary/aromatic N) is 3. The molecule has 9 nitrogen and oxygen atoms in total. The number of aromatic nitrogens is 4. The largest absolute Gasteiger partial charge is 0.353 e. The zero-order chi connectivity index (χ0) is 27.7. The molecule has 0 bridgehead atoms. The minimum Gasteiger partial charge on any atom is -0.353 e. The number of H-pyrrole nitrogens is 1. The van der Waals surface area contributed by atoms with Gasteiger partial charge >= 0.3 is 0 Å². The second-order valence-corrected chi connectivity index (χ2v) is 10.7. The van der Waals surface area contributed by atoms with Crippen molar-refractivity contribution in [2.45, 2.75) is 45.1 Å². The van der Waals surface area contributed by atoms with E-state index in [9.17, 15) is 9.18 Å². The van der Waals surface area contributed by atoms with Gasteiger partial charge in [0.25, 0.3) is 0 Å². The molecule has 1 aliphatic heterocycles. The Hall–Kier alpha value is -4.15. The van der Waals surface area contributed by atoms with Crippen LogP contribution >= 0.6 is 0 Å². The Labute approximate surface area is 231 Å². The molecule has 3 heterocycles. The predicted octanol–water partition coefficient (Wildman–Crippen LogP) is 5.18. The molecule has 1 atom stereocenters. The van der Waals surface area contributed by atoms with E-state index in [1.54, 1.807) is 24.4 Å². The van der Waals surface area contributed by atoms with Gasteiger partial charge in [-0.05, 0) is 62.6 Å². The molecule has 2 aromatic heterocycles. The van der Waals surface area contributed by atoms with E-state index in [-0.39, 0.29) is 37.0 Å². The summed E-state index contributed by atoms with van der Waals surface area (Å²) >= 11 is 0. The number of aromatic amines is 1. The van der Waals surface area contributed by atoms with Gasteiger partial charge < -0.3 is 25.1 Å². The van der Waals surface area contributed by atoms with E-state index in [1.165, 1.54) is 12.1 Å². The Balaban J connectivity index is 1.27. The lowest BCUT2D eigenvalue weighted by Gasteiger charge is -2.35.